The van der Waals surface area contributed by atoms with Crippen LogP contribution >= 0.6 is 0 Å². The van der Waals surface area contributed by atoms with Crippen LogP contribution in [0.15, 0.2) is 71.6 Å². The summed E-state index contributed by atoms with van der Waals surface area (Å²) in [6, 6.07) is 15.1. The zero-order chi connectivity index (χ0) is 23.0. The topological polar surface area (TPSA) is 72.9 Å². The normalized spacial score (nSPS) is 22.1. The van der Waals surface area contributed by atoms with Gasteiger partial charge in [0.05, 0.1) is 11.5 Å². The number of ether oxygens (including phenoxy) is 2. The zero-order valence-corrected chi connectivity index (χ0v) is 20.4. The van der Waals surface area contributed by atoms with Crippen LogP contribution in [0.1, 0.15) is 12.5 Å². The maximum atomic E-state index is 13.9. The number of esters is 1. The Morgan fingerprint density at radius 2 is 1.71 bits per heavy atom. The molecule has 166 valence electrons. The lowest BCUT2D eigenvalue weighted by Gasteiger charge is -2.61. The maximum Gasteiger partial charge on any atom is 0.328 e. The quantitative estimate of drug-likeness (QED) is 0.362. The number of sulfonamides is 1. The molecule has 0 N–H and O–H groups in total. The Balaban J connectivity index is 2.23. The van der Waals surface area contributed by atoms with Gasteiger partial charge in [-0.3, -0.25) is 0 Å². The minimum absolute atomic E-state index is 0.0965. The Kier molecular flexibility index (Phi) is 6.30. The van der Waals surface area contributed by atoms with Gasteiger partial charge in [-0.25, -0.2) is 13.2 Å². The van der Waals surface area contributed by atoms with Gasteiger partial charge in [0.15, 0.2) is 6.04 Å². The van der Waals surface area contributed by atoms with Crippen molar-refractivity contribution >= 4 is 29.3 Å². The highest BCUT2D eigenvalue weighted by Gasteiger charge is 2.71. The summed E-state index contributed by atoms with van der Waals surface area (Å²) in [5, 5.41) is -0.348. The van der Waals surface area contributed by atoms with Crippen LogP contribution in [0, 0.1) is 6.92 Å². The summed E-state index contributed by atoms with van der Waals surface area (Å²) in [5.74, 6) is -0.645. The number of hydrogen-bond donors (Lipinski definition) is 0. The van der Waals surface area contributed by atoms with Gasteiger partial charge in [0.25, 0.3) is 0 Å². The molecular formula is C23H29NO5SSi. The van der Waals surface area contributed by atoms with Crippen LogP contribution in [-0.4, -0.2) is 51.9 Å². The van der Waals surface area contributed by atoms with Gasteiger partial charge in [-0.15, -0.1) is 4.31 Å². The number of rotatable bonds is 7. The lowest BCUT2D eigenvalue weighted by atomic mass is 9.97. The second-order valence-electron chi connectivity index (χ2n) is 8.13. The Morgan fingerprint density at radius 3 is 2.23 bits per heavy atom. The van der Waals surface area contributed by atoms with E-state index in [-0.39, 0.29) is 11.5 Å². The smallest absolute Gasteiger partial charge is 0.328 e. The van der Waals surface area contributed by atoms with Crippen LogP contribution in [-0.2, 0) is 24.3 Å². The number of aryl methyl sites for hydroxylation is 1. The molecule has 0 saturated carbocycles. The van der Waals surface area contributed by atoms with E-state index in [9.17, 15) is 13.2 Å². The molecule has 0 bridgehead atoms. The molecule has 1 saturated heterocycles. The van der Waals surface area contributed by atoms with Crippen molar-refractivity contribution in [3.63, 3.8) is 0 Å². The van der Waals surface area contributed by atoms with Crippen LogP contribution < -0.4 is 5.19 Å². The van der Waals surface area contributed by atoms with Crippen molar-refractivity contribution < 1.29 is 22.7 Å². The second-order valence-corrected chi connectivity index (χ2v) is 14.5. The molecule has 2 atom stereocenters. The minimum atomic E-state index is -4.09. The number of carbonyl (C=O) groups excluding carboxylic acids is 1. The van der Waals surface area contributed by atoms with Crippen molar-refractivity contribution in [3.05, 3.63) is 72.3 Å². The van der Waals surface area contributed by atoms with Gasteiger partial charge in [0.1, 0.15) is 13.4 Å². The van der Waals surface area contributed by atoms with Crippen LogP contribution in [0.3, 0.4) is 0 Å². The lowest BCUT2D eigenvalue weighted by Crippen LogP contribution is -2.84. The van der Waals surface area contributed by atoms with Crippen LogP contribution in [0.25, 0.3) is 0 Å². The molecule has 6 nitrogen and oxygen atoms in total. The van der Waals surface area contributed by atoms with Gasteiger partial charge in [0.2, 0.25) is 10.0 Å². The number of carbonyl (C=O) groups is 1. The predicted molar refractivity (Wildman–Crippen MR) is 123 cm³/mol. The number of methoxy groups -OCH3 is 1. The Morgan fingerprint density at radius 1 is 1.13 bits per heavy atom. The molecule has 2 aromatic rings. The van der Waals surface area contributed by atoms with E-state index in [0.29, 0.717) is 5.57 Å². The van der Waals surface area contributed by atoms with Crippen LogP contribution in [0.4, 0.5) is 0 Å². The van der Waals surface area contributed by atoms with Crippen molar-refractivity contribution in [3.8, 4) is 0 Å². The van der Waals surface area contributed by atoms with Crippen molar-refractivity contribution in [2.75, 3.05) is 13.7 Å². The molecule has 2 aromatic carbocycles. The first-order valence-electron chi connectivity index (χ1n) is 10.1. The predicted octanol–water partition coefficient (Wildman–Crippen LogP) is 2.98. The van der Waals surface area contributed by atoms with Gasteiger partial charge in [-0.05, 0) is 31.6 Å². The van der Waals surface area contributed by atoms with E-state index < -0.39 is 35.5 Å². The average molecular weight is 460 g/mol. The van der Waals surface area contributed by atoms with E-state index >= 15 is 0 Å². The third kappa shape index (κ3) is 3.47. The third-order valence-corrected chi connectivity index (χ3v) is 12.3. The molecule has 0 spiro atoms. The summed E-state index contributed by atoms with van der Waals surface area (Å²) in [6.07, 6.45) is 0. The van der Waals surface area contributed by atoms with Gasteiger partial charge < -0.3 is 9.47 Å². The van der Waals surface area contributed by atoms with E-state index in [1.165, 1.54) is 11.4 Å². The Labute approximate surface area is 185 Å². The van der Waals surface area contributed by atoms with E-state index in [2.05, 4.69) is 6.58 Å². The monoisotopic (exact) mass is 459 g/mol. The fraction of sp³-hybridized carbons (Fsp3) is 0.348. The largest absolute Gasteiger partial charge is 0.465 e. The molecule has 0 aromatic heterocycles. The van der Waals surface area contributed by atoms with Gasteiger partial charge in [-0.1, -0.05) is 72.9 Å². The molecule has 1 aliphatic rings. The standard InChI is InChI=1S/C23H29NO5SSi/c1-7-29-22(25)21-18(3)23(28-4,31(5,6)20-11-9-8-10-12-20)24(21)30(26,27)19-15-13-17(2)14-16-19/h8-16,21H,3,7H2,1-2,4-6H3. The van der Waals surface area contributed by atoms with E-state index in [4.69, 9.17) is 9.47 Å². The fourth-order valence-electron chi connectivity index (χ4n) is 4.38. The molecule has 31 heavy (non-hydrogen) atoms. The highest BCUT2D eigenvalue weighted by atomic mass is 32.2. The molecule has 2 unspecified atom stereocenters. The SMILES string of the molecule is C=C1C(C(=O)OCC)N(S(=O)(=O)c2ccc(C)cc2)C1(OC)[Si](C)(C)c1ccccc1. The van der Waals surface area contributed by atoms with E-state index in [1.54, 1.807) is 31.2 Å². The summed E-state index contributed by atoms with van der Waals surface area (Å²) in [4.78, 5) is 12.9. The highest BCUT2D eigenvalue weighted by Crippen LogP contribution is 2.51. The van der Waals surface area contributed by atoms with E-state index in [1.807, 2.05) is 50.3 Å². The Bertz CT molecular complexity index is 1080. The molecule has 0 aliphatic carbocycles. The number of hydrogen-bond acceptors (Lipinski definition) is 5. The van der Waals surface area contributed by atoms with Gasteiger partial charge in [-0.2, -0.15) is 0 Å². The van der Waals surface area contributed by atoms with Crippen molar-refractivity contribution in [2.45, 2.75) is 43.2 Å². The molecule has 3 rings (SSSR count). The summed E-state index contributed by atoms with van der Waals surface area (Å²) in [7, 11) is -5.34. The Hall–Kier alpha value is -2.26. The number of nitrogens with zero attached hydrogens (tertiary/aromatic N) is 1. The molecular weight excluding hydrogens is 430 g/mol. The lowest BCUT2D eigenvalue weighted by molar-refractivity contribution is -0.160. The summed E-state index contributed by atoms with van der Waals surface area (Å²) in [5.41, 5.74) is 1.34. The van der Waals surface area contributed by atoms with Crippen LogP contribution in [0.5, 0.6) is 0 Å². The molecule has 0 amide bonds. The molecule has 1 aliphatic heterocycles. The zero-order valence-electron chi connectivity index (χ0n) is 18.6. The third-order valence-electron chi connectivity index (χ3n) is 6.04. The van der Waals surface area contributed by atoms with Crippen molar-refractivity contribution in [1.82, 2.24) is 4.31 Å². The van der Waals surface area contributed by atoms with Crippen LogP contribution in [0.2, 0.25) is 13.1 Å². The molecule has 8 heteroatoms. The number of benzene rings is 2. The first-order valence-corrected chi connectivity index (χ1v) is 14.6. The first kappa shape index (κ1) is 23.4. The average Bonchev–Trinajstić information content (AvgIpc) is 2.73. The highest BCUT2D eigenvalue weighted by molar-refractivity contribution is 7.89. The molecule has 0 radical (unpaired) electrons. The minimum Gasteiger partial charge on any atom is -0.465 e. The maximum absolute atomic E-state index is 13.9. The molecule has 1 fully saturated rings. The van der Waals surface area contributed by atoms with Gasteiger partial charge in [0, 0.05) is 7.11 Å². The fourth-order valence-corrected chi connectivity index (χ4v) is 10.7. The molecule has 1 heterocycles. The van der Waals surface area contributed by atoms with Gasteiger partial charge >= 0.3 is 5.97 Å². The van der Waals surface area contributed by atoms with Crippen molar-refractivity contribution in [2.24, 2.45) is 0 Å². The van der Waals surface area contributed by atoms with E-state index in [0.717, 1.165) is 10.8 Å². The summed E-state index contributed by atoms with van der Waals surface area (Å²) >= 11 is 0. The second kappa shape index (κ2) is 8.35. The van der Waals surface area contributed by atoms with Crippen molar-refractivity contribution in [1.29, 1.82) is 0 Å². The first-order chi connectivity index (χ1) is 14.6. The summed E-state index contributed by atoms with van der Waals surface area (Å²) < 4.78 is 40.1. The summed E-state index contributed by atoms with van der Waals surface area (Å²) in [6.45, 7) is 11.9.